The second-order valence-corrected chi connectivity index (χ2v) is 9.77. The van der Waals surface area contributed by atoms with Crippen LogP contribution in [-0.2, 0) is 23.0 Å². The highest BCUT2D eigenvalue weighted by Crippen LogP contribution is 2.34. The third-order valence-electron chi connectivity index (χ3n) is 5.35. The number of fused-ring (bicyclic) bond motifs is 2. The van der Waals surface area contributed by atoms with E-state index in [2.05, 4.69) is 14.7 Å². The highest BCUT2D eigenvalue weighted by atomic mass is 32.2. The molecule has 0 fully saturated rings. The smallest absolute Gasteiger partial charge is 0.321 e. The van der Waals surface area contributed by atoms with Crippen molar-refractivity contribution in [3.8, 4) is 11.3 Å². The number of hydrogen-bond donors (Lipinski definition) is 1. The minimum Gasteiger partial charge on any atom is -0.321 e. The van der Waals surface area contributed by atoms with Crippen molar-refractivity contribution < 1.29 is 21.6 Å². The lowest BCUT2D eigenvalue weighted by atomic mass is 10.0. The summed E-state index contributed by atoms with van der Waals surface area (Å²) in [5.74, 6) is 0. The van der Waals surface area contributed by atoms with Crippen LogP contribution in [0.5, 0.6) is 0 Å². The molecule has 7 nitrogen and oxygen atoms in total. The molecule has 5 rings (SSSR count). The monoisotopic (exact) mass is 485 g/mol. The molecule has 11 heteroatoms. The molecule has 4 aromatic rings. The molecule has 0 atom stereocenters. The third-order valence-corrected chi connectivity index (χ3v) is 5.95. The summed E-state index contributed by atoms with van der Waals surface area (Å²) in [4.78, 5) is 13.3. The molecule has 0 radical (unpaired) electrons. The van der Waals surface area contributed by atoms with Crippen LogP contribution in [0.25, 0.3) is 27.9 Å². The Kier molecular flexibility index (Phi) is 5.16. The number of imidazole rings is 1. The van der Waals surface area contributed by atoms with Crippen LogP contribution < -0.4 is 4.72 Å². The van der Waals surface area contributed by atoms with Gasteiger partial charge in [-0.15, -0.1) is 0 Å². The highest BCUT2D eigenvalue weighted by molar-refractivity contribution is 7.92. The van der Waals surface area contributed by atoms with Crippen LogP contribution in [0, 0.1) is 0 Å². The molecule has 34 heavy (non-hydrogen) atoms. The number of halogens is 3. The first-order chi connectivity index (χ1) is 16.1. The van der Waals surface area contributed by atoms with Gasteiger partial charge >= 0.3 is 6.18 Å². The number of allylic oxidation sites excluding steroid dienone is 1. The number of anilines is 1. The predicted molar refractivity (Wildman–Crippen MR) is 123 cm³/mol. The predicted octanol–water partition coefficient (Wildman–Crippen LogP) is 4.41. The van der Waals surface area contributed by atoms with Crippen LogP contribution in [0.3, 0.4) is 0 Å². The van der Waals surface area contributed by atoms with E-state index in [0.717, 1.165) is 22.1 Å². The van der Waals surface area contributed by atoms with Crippen LogP contribution >= 0.6 is 0 Å². The van der Waals surface area contributed by atoms with Gasteiger partial charge in [0.2, 0.25) is 10.0 Å². The zero-order valence-electron chi connectivity index (χ0n) is 17.8. The lowest BCUT2D eigenvalue weighted by Gasteiger charge is -2.11. The van der Waals surface area contributed by atoms with E-state index in [0.29, 0.717) is 45.7 Å². The van der Waals surface area contributed by atoms with Crippen molar-refractivity contribution in [2.24, 2.45) is 0 Å². The Bertz CT molecular complexity index is 1560. The van der Waals surface area contributed by atoms with Gasteiger partial charge in [-0.3, -0.25) is 9.71 Å². The first-order valence-electron chi connectivity index (χ1n) is 10.2. The molecule has 1 aliphatic rings. The molecular formula is C23H18F3N5O2S. The molecule has 1 aliphatic carbocycles. The molecule has 0 saturated heterocycles. The Balaban J connectivity index is 1.52. The first kappa shape index (κ1) is 22.1. The van der Waals surface area contributed by atoms with E-state index in [4.69, 9.17) is 4.98 Å². The Morgan fingerprint density at radius 1 is 1.09 bits per heavy atom. The zero-order chi connectivity index (χ0) is 24.1. The lowest BCUT2D eigenvalue weighted by Crippen LogP contribution is -2.16. The van der Waals surface area contributed by atoms with Crippen LogP contribution in [0.1, 0.15) is 17.0 Å². The number of hydrogen-bond acceptors (Lipinski definition) is 5. The lowest BCUT2D eigenvalue weighted by molar-refractivity contribution is -0.139. The summed E-state index contributed by atoms with van der Waals surface area (Å²) in [6, 6.07) is 12.0. The van der Waals surface area contributed by atoms with Crippen molar-refractivity contribution in [1.29, 1.82) is 0 Å². The maximum atomic E-state index is 13.0. The molecule has 0 spiro atoms. The molecule has 174 valence electrons. The summed E-state index contributed by atoms with van der Waals surface area (Å²) in [6.07, 6.45) is 2.02. The number of alkyl halides is 3. The molecular weight excluding hydrogens is 467 g/mol. The van der Waals surface area contributed by atoms with Crippen molar-refractivity contribution in [3.63, 3.8) is 0 Å². The van der Waals surface area contributed by atoms with Crippen molar-refractivity contribution in [1.82, 2.24) is 19.5 Å². The summed E-state index contributed by atoms with van der Waals surface area (Å²) in [7, 11) is -3.43. The number of sulfonamides is 1. The molecule has 2 heterocycles. The number of aromatic nitrogens is 4. The normalized spacial score (nSPS) is 13.7. The van der Waals surface area contributed by atoms with Gasteiger partial charge in [-0.05, 0) is 29.8 Å². The fourth-order valence-electron chi connectivity index (χ4n) is 3.97. The highest BCUT2D eigenvalue weighted by Gasteiger charge is 2.29. The number of nitrogens with one attached hydrogen (secondary N) is 1. The van der Waals surface area contributed by atoms with Crippen molar-refractivity contribution in [2.75, 3.05) is 11.0 Å². The van der Waals surface area contributed by atoms with Gasteiger partial charge < -0.3 is 4.57 Å². The molecule has 0 saturated carbocycles. The molecule has 0 bridgehead atoms. The van der Waals surface area contributed by atoms with Crippen molar-refractivity contribution in [3.05, 3.63) is 78.0 Å². The average molecular weight is 485 g/mol. The fourth-order valence-corrected chi connectivity index (χ4v) is 4.52. The summed E-state index contributed by atoms with van der Waals surface area (Å²) >= 11 is 0. The van der Waals surface area contributed by atoms with Crippen LogP contribution in [0.4, 0.5) is 18.9 Å². The van der Waals surface area contributed by atoms with Crippen molar-refractivity contribution in [2.45, 2.75) is 19.1 Å². The van der Waals surface area contributed by atoms with Gasteiger partial charge in [-0.2, -0.15) is 13.2 Å². The fraction of sp³-hybridized carbons (Fsp3) is 0.174. The SMILES string of the molecule is CS(=O)(=O)Nc1cccc(-c2cnc3c(n2)C(c2ccc4ncn(CC(F)(F)F)c4c2)=CC3)c1. The van der Waals surface area contributed by atoms with E-state index in [-0.39, 0.29) is 0 Å². The number of rotatable bonds is 5. The van der Waals surface area contributed by atoms with Gasteiger partial charge in [-0.1, -0.05) is 24.3 Å². The summed E-state index contributed by atoms with van der Waals surface area (Å²) < 4.78 is 65.5. The van der Waals surface area contributed by atoms with E-state index < -0.39 is 22.7 Å². The second-order valence-electron chi connectivity index (χ2n) is 8.02. The van der Waals surface area contributed by atoms with Gasteiger partial charge in [0.15, 0.2) is 0 Å². The van der Waals surface area contributed by atoms with Gasteiger partial charge in [0.1, 0.15) is 6.54 Å². The number of benzene rings is 2. The molecule has 0 amide bonds. The Morgan fingerprint density at radius 3 is 2.68 bits per heavy atom. The Hall–Kier alpha value is -3.73. The third kappa shape index (κ3) is 4.51. The molecule has 2 aromatic heterocycles. The summed E-state index contributed by atoms with van der Waals surface area (Å²) in [6.45, 7) is -1.12. The van der Waals surface area contributed by atoms with Gasteiger partial charge in [0.05, 0.1) is 46.9 Å². The van der Waals surface area contributed by atoms with E-state index in [1.807, 2.05) is 6.08 Å². The summed E-state index contributed by atoms with van der Waals surface area (Å²) in [5.41, 5.74) is 5.37. The summed E-state index contributed by atoms with van der Waals surface area (Å²) in [5, 5.41) is 0. The Morgan fingerprint density at radius 2 is 1.91 bits per heavy atom. The molecule has 0 aliphatic heterocycles. The average Bonchev–Trinajstić information content (AvgIpc) is 3.35. The minimum atomic E-state index is -4.36. The van der Waals surface area contributed by atoms with E-state index >= 15 is 0 Å². The Labute approximate surface area is 193 Å². The number of nitrogens with zero attached hydrogens (tertiary/aromatic N) is 4. The van der Waals surface area contributed by atoms with Crippen LogP contribution in [0.15, 0.2) is 61.1 Å². The maximum absolute atomic E-state index is 13.0. The topological polar surface area (TPSA) is 89.8 Å². The zero-order valence-corrected chi connectivity index (χ0v) is 18.7. The van der Waals surface area contributed by atoms with E-state index in [1.165, 1.54) is 6.33 Å². The van der Waals surface area contributed by atoms with Gasteiger partial charge in [0, 0.05) is 23.2 Å². The largest absolute Gasteiger partial charge is 0.406 e. The van der Waals surface area contributed by atoms with Crippen molar-refractivity contribution >= 4 is 32.3 Å². The van der Waals surface area contributed by atoms with Crippen LogP contribution in [0.2, 0.25) is 0 Å². The standard InChI is InChI=1S/C23H18F3N5O2S/c1-34(32,33)30-16-4-2-3-15(9-16)20-11-27-19-8-6-17(22(19)29-20)14-5-7-18-21(10-14)31(13-28-18)12-23(24,25)26/h2-7,9-11,13,30H,8,12H2,1H3. The minimum absolute atomic E-state index is 0.382. The van der Waals surface area contributed by atoms with Gasteiger partial charge in [-0.25, -0.2) is 18.4 Å². The molecule has 0 unspecified atom stereocenters. The van der Waals surface area contributed by atoms with E-state index in [1.54, 1.807) is 48.7 Å². The molecule has 1 N–H and O–H groups in total. The quantitative estimate of drug-likeness (QED) is 0.452. The van der Waals surface area contributed by atoms with E-state index in [9.17, 15) is 21.6 Å². The maximum Gasteiger partial charge on any atom is 0.406 e. The first-order valence-corrected chi connectivity index (χ1v) is 12.1. The second kappa shape index (κ2) is 7.94. The van der Waals surface area contributed by atoms with Crippen LogP contribution in [-0.4, -0.2) is 40.4 Å². The molecule has 2 aromatic carbocycles. The van der Waals surface area contributed by atoms with Gasteiger partial charge in [0.25, 0.3) is 0 Å².